The van der Waals surface area contributed by atoms with E-state index in [1.165, 1.54) is 67.0 Å². The fraction of sp³-hybridized carbons (Fsp3) is 0.219. The van der Waals surface area contributed by atoms with Crippen molar-refractivity contribution in [3.63, 3.8) is 0 Å². The van der Waals surface area contributed by atoms with Gasteiger partial charge in [-0.1, -0.05) is 247 Å². The van der Waals surface area contributed by atoms with Crippen LogP contribution in [0.25, 0.3) is 40.5 Å². The molecule has 0 fully saturated rings. The second-order valence-corrected chi connectivity index (χ2v) is 15.2. The van der Waals surface area contributed by atoms with Crippen LogP contribution in [-0.2, 0) is 5.41 Å². The summed E-state index contributed by atoms with van der Waals surface area (Å²) in [6.07, 6.45) is 15.1. The first-order valence-electron chi connectivity index (χ1n) is 23.7. The van der Waals surface area contributed by atoms with Crippen molar-refractivity contribution in [2.75, 3.05) is 11.4 Å². The summed E-state index contributed by atoms with van der Waals surface area (Å²) < 4.78 is 0. The number of fused-ring (bicyclic) bond motifs is 1. The molecule has 7 aromatic rings. The van der Waals surface area contributed by atoms with Crippen LogP contribution in [0.1, 0.15) is 103 Å². The van der Waals surface area contributed by atoms with Gasteiger partial charge in [0.1, 0.15) is 0 Å². The number of aryl methyl sites for hydroxylation is 1. The molecule has 0 bridgehead atoms. The molecule has 7 aromatic carbocycles. The number of nitrogens with zero attached hydrogens (tertiary/aromatic N) is 1. The Kier molecular flexibility index (Phi) is 24.0. The molecule has 0 aliphatic heterocycles. The molecule has 336 valence electrons. The third kappa shape index (κ3) is 15.5. The smallest absolute Gasteiger partial charge is 0.0413 e. The molecule has 8 rings (SSSR count). The van der Waals surface area contributed by atoms with Crippen molar-refractivity contribution >= 4 is 29.6 Å². The fourth-order valence-electron chi connectivity index (χ4n) is 7.84. The monoisotopic (exact) mass is 858 g/mol. The third-order valence-electron chi connectivity index (χ3n) is 11.4. The molecule has 1 nitrogen and oxygen atoms in total. The summed E-state index contributed by atoms with van der Waals surface area (Å²) in [6, 6.07) is 65.9. The van der Waals surface area contributed by atoms with Gasteiger partial charge in [-0.2, -0.15) is 0 Å². The first-order valence-corrected chi connectivity index (χ1v) is 23.7. The van der Waals surface area contributed by atoms with Crippen LogP contribution in [-0.4, -0.2) is 6.54 Å². The van der Waals surface area contributed by atoms with Gasteiger partial charge in [0.05, 0.1) is 0 Å². The van der Waals surface area contributed by atoms with E-state index in [0.29, 0.717) is 0 Å². The van der Waals surface area contributed by atoms with Crippen LogP contribution in [0.2, 0.25) is 0 Å². The number of hydrogen-bond acceptors (Lipinski definition) is 1. The molecule has 1 aliphatic carbocycles. The molecule has 0 unspecified atom stereocenters. The number of allylic oxidation sites excluding steroid dienone is 3. The highest BCUT2D eigenvalue weighted by molar-refractivity contribution is 5.77. The summed E-state index contributed by atoms with van der Waals surface area (Å²) >= 11 is 0. The minimum absolute atomic E-state index is 0.203. The number of para-hydroxylation sites is 2. The molecule has 0 aromatic heterocycles. The SMILES string of the molecule is C/C=C\C.C=CCN(c1ccccc1)c1ccccc1.CC.CC.CCC1(CC)C(C)=Cc2ccc(/C=C/c3ccc(-c4ccc(-c5ccccc5)cc4C)cc3)cc21.c1ccccc1. The Labute approximate surface area is 395 Å². The van der Waals surface area contributed by atoms with E-state index in [9.17, 15) is 0 Å². The van der Waals surface area contributed by atoms with Gasteiger partial charge in [0.15, 0.2) is 0 Å². The Balaban J connectivity index is 0.000000306. The molecule has 0 N–H and O–H groups in total. The molecule has 0 saturated heterocycles. The Hall–Kier alpha value is -6.70. The molecule has 0 amide bonds. The van der Waals surface area contributed by atoms with Crippen LogP contribution >= 0.6 is 0 Å². The third-order valence-corrected chi connectivity index (χ3v) is 11.4. The Morgan fingerprint density at radius 2 is 0.938 bits per heavy atom. The molecular weight excluding hydrogens is 783 g/mol. The molecular formula is C64H75N. The highest BCUT2D eigenvalue weighted by atomic mass is 15.1. The van der Waals surface area contributed by atoms with Crippen molar-refractivity contribution in [3.05, 3.63) is 246 Å². The number of anilines is 2. The summed E-state index contributed by atoms with van der Waals surface area (Å²) in [6.45, 7) is 25.7. The minimum Gasteiger partial charge on any atom is -0.338 e. The maximum absolute atomic E-state index is 3.81. The maximum atomic E-state index is 3.81. The predicted molar refractivity (Wildman–Crippen MR) is 293 cm³/mol. The average molecular weight is 858 g/mol. The van der Waals surface area contributed by atoms with E-state index in [0.717, 1.165) is 19.4 Å². The topological polar surface area (TPSA) is 3.24 Å². The van der Waals surface area contributed by atoms with Gasteiger partial charge in [0.2, 0.25) is 0 Å². The van der Waals surface area contributed by atoms with Gasteiger partial charge in [0.25, 0.3) is 0 Å². The van der Waals surface area contributed by atoms with Crippen LogP contribution in [0.4, 0.5) is 11.4 Å². The molecule has 1 aliphatic rings. The zero-order chi connectivity index (χ0) is 47.3. The van der Waals surface area contributed by atoms with Crippen LogP contribution < -0.4 is 4.90 Å². The molecule has 0 atom stereocenters. The summed E-state index contributed by atoms with van der Waals surface area (Å²) in [5.41, 5.74) is 15.8. The van der Waals surface area contributed by atoms with E-state index >= 15 is 0 Å². The average Bonchev–Trinajstić information content (AvgIpc) is 3.68. The quantitative estimate of drug-likeness (QED) is 0.0978. The van der Waals surface area contributed by atoms with Crippen LogP contribution in [0.5, 0.6) is 0 Å². The number of hydrogen-bond donors (Lipinski definition) is 0. The van der Waals surface area contributed by atoms with Gasteiger partial charge in [0, 0.05) is 23.3 Å². The summed E-state index contributed by atoms with van der Waals surface area (Å²) in [5.74, 6) is 0. The summed E-state index contributed by atoms with van der Waals surface area (Å²) in [7, 11) is 0. The number of benzene rings is 7. The van der Waals surface area contributed by atoms with Gasteiger partial charge < -0.3 is 4.90 Å². The second-order valence-electron chi connectivity index (χ2n) is 15.2. The molecule has 0 radical (unpaired) electrons. The zero-order valence-electron chi connectivity index (χ0n) is 41.1. The zero-order valence-corrected chi connectivity index (χ0v) is 41.1. The van der Waals surface area contributed by atoms with Gasteiger partial charge in [-0.3, -0.25) is 0 Å². The van der Waals surface area contributed by atoms with Gasteiger partial charge in [-0.25, -0.2) is 0 Å². The summed E-state index contributed by atoms with van der Waals surface area (Å²) in [4.78, 5) is 2.23. The summed E-state index contributed by atoms with van der Waals surface area (Å²) in [5, 5.41) is 0. The van der Waals surface area contributed by atoms with Crippen molar-refractivity contribution < 1.29 is 0 Å². The van der Waals surface area contributed by atoms with Crippen molar-refractivity contribution in [1.82, 2.24) is 0 Å². The molecule has 0 spiro atoms. The largest absolute Gasteiger partial charge is 0.338 e. The first-order chi connectivity index (χ1) is 31.9. The van der Waals surface area contributed by atoms with Crippen molar-refractivity contribution in [2.45, 2.75) is 87.5 Å². The number of rotatable bonds is 10. The standard InChI is InChI=1S/C35H34.C15H15N.C6H6.C4H8.2C2H6/c1-5-35(6-2)26(4)23-32-19-16-28(24-34(32)35)13-12-27-14-17-30(18-15-27)33-21-20-31(22-25(33)3)29-10-8-7-9-11-29;1-2-13-16(14-9-5-3-6-10-14)15-11-7-4-8-12-15;1-2-4-6-5-3-1;1-3-4-2;2*1-2/h7-24H,5-6H2,1-4H3;2-12H,1,13H2;1-6H;3-4H,1-2H3;2*1-2H3/b13-12+;;;4-3-;;. The van der Waals surface area contributed by atoms with E-state index in [2.05, 4.69) is 173 Å². The maximum Gasteiger partial charge on any atom is 0.0413 e. The van der Waals surface area contributed by atoms with Crippen molar-refractivity contribution in [2.24, 2.45) is 0 Å². The van der Waals surface area contributed by atoms with Crippen molar-refractivity contribution in [3.8, 4) is 22.3 Å². The predicted octanol–water partition coefficient (Wildman–Crippen LogP) is 19.3. The Morgan fingerprint density at radius 3 is 1.40 bits per heavy atom. The van der Waals surface area contributed by atoms with E-state index in [4.69, 9.17) is 0 Å². The van der Waals surface area contributed by atoms with E-state index in [1.807, 2.05) is 133 Å². The lowest BCUT2D eigenvalue weighted by atomic mass is 9.73. The van der Waals surface area contributed by atoms with E-state index in [-0.39, 0.29) is 5.41 Å². The van der Waals surface area contributed by atoms with Gasteiger partial charge in [-0.05, 0) is 115 Å². The Bertz CT molecular complexity index is 2360. The van der Waals surface area contributed by atoms with E-state index in [1.54, 1.807) is 0 Å². The molecule has 65 heavy (non-hydrogen) atoms. The molecule has 0 heterocycles. The first kappa shape index (κ1) is 52.6. The molecule has 0 saturated carbocycles. The highest BCUT2D eigenvalue weighted by Crippen LogP contribution is 2.47. The Morgan fingerprint density at radius 1 is 0.492 bits per heavy atom. The van der Waals surface area contributed by atoms with Crippen LogP contribution in [0.3, 0.4) is 0 Å². The van der Waals surface area contributed by atoms with Gasteiger partial charge >= 0.3 is 0 Å². The minimum atomic E-state index is 0.203. The lowest BCUT2D eigenvalue weighted by Gasteiger charge is -2.30. The molecule has 1 heteroatoms. The van der Waals surface area contributed by atoms with E-state index < -0.39 is 0 Å². The second kappa shape index (κ2) is 29.6. The lowest BCUT2D eigenvalue weighted by molar-refractivity contribution is 0.477. The lowest BCUT2D eigenvalue weighted by Crippen LogP contribution is -2.23. The highest BCUT2D eigenvalue weighted by Gasteiger charge is 2.36. The fourth-order valence-corrected chi connectivity index (χ4v) is 7.84. The van der Waals surface area contributed by atoms with Gasteiger partial charge in [-0.15, -0.1) is 6.58 Å². The normalized spacial score (nSPS) is 11.6. The van der Waals surface area contributed by atoms with Crippen molar-refractivity contribution in [1.29, 1.82) is 0 Å². The van der Waals surface area contributed by atoms with Crippen LogP contribution in [0, 0.1) is 6.92 Å². The van der Waals surface area contributed by atoms with Crippen LogP contribution in [0.15, 0.2) is 218 Å².